The van der Waals surface area contributed by atoms with Gasteiger partial charge in [-0.25, -0.2) is 4.79 Å². The van der Waals surface area contributed by atoms with Crippen LogP contribution >= 0.6 is 0 Å². The van der Waals surface area contributed by atoms with Gasteiger partial charge < -0.3 is 15.3 Å². The molecule has 126 valence electrons. The second-order valence-electron chi connectivity index (χ2n) is 6.49. The van der Waals surface area contributed by atoms with Crippen LogP contribution in [0.3, 0.4) is 0 Å². The van der Waals surface area contributed by atoms with Crippen molar-refractivity contribution < 1.29 is 9.90 Å². The third-order valence-corrected chi connectivity index (χ3v) is 4.51. The molecule has 4 nitrogen and oxygen atoms in total. The van der Waals surface area contributed by atoms with E-state index in [1.807, 2.05) is 60.7 Å². The number of carbonyl (C=O) groups excluding carboxylic acids is 1. The Morgan fingerprint density at radius 2 is 1.58 bits per heavy atom. The van der Waals surface area contributed by atoms with Gasteiger partial charge in [-0.2, -0.15) is 0 Å². The summed E-state index contributed by atoms with van der Waals surface area (Å²) in [6, 6.07) is 19.5. The van der Waals surface area contributed by atoms with Gasteiger partial charge in [-0.05, 0) is 29.9 Å². The van der Waals surface area contributed by atoms with E-state index in [0.29, 0.717) is 12.5 Å². The average molecular weight is 324 g/mol. The normalized spacial score (nSPS) is 15.1. The van der Waals surface area contributed by atoms with Crippen LogP contribution in [0.5, 0.6) is 0 Å². The van der Waals surface area contributed by atoms with Crippen molar-refractivity contribution in [1.82, 2.24) is 10.2 Å². The predicted octanol–water partition coefficient (Wildman–Crippen LogP) is 3.19. The predicted molar refractivity (Wildman–Crippen MR) is 94.6 cm³/mol. The van der Waals surface area contributed by atoms with Crippen molar-refractivity contribution in [3.63, 3.8) is 0 Å². The molecule has 2 aromatic rings. The molecule has 4 heteroatoms. The molecule has 0 heterocycles. The summed E-state index contributed by atoms with van der Waals surface area (Å²) in [4.78, 5) is 14.2. The van der Waals surface area contributed by atoms with E-state index in [1.54, 1.807) is 11.9 Å². The van der Waals surface area contributed by atoms with Gasteiger partial charge in [-0.15, -0.1) is 0 Å². The summed E-state index contributed by atoms with van der Waals surface area (Å²) in [7, 11) is 1.73. The minimum atomic E-state index is -0.423. The summed E-state index contributed by atoms with van der Waals surface area (Å²) < 4.78 is 0. The van der Waals surface area contributed by atoms with Crippen LogP contribution in [0, 0.1) is 5.92 Å². The third-order valence-electron chi connectivity index (χ3n) is 4.51. The number of urea groups is 1. The molecule has 1 aliphatic rings. The number of nitrogens with zero attached hydrogens (tertiary/aromatic N) is 1. The standard InChI is InChI=1S/C20H24N2O2/c1-22(14-18(23)15-12-13-15)20(24)21-19(16-8-4-2-5-9-16)17-10-6-3-7-11-17/h2-11,15,18-19,23H,12-14H2,1H3,(H,21,24). The first-order valence-corrected chi connectivity index (χ1v) is 8.44. The van der Waals surface area contributed by atoms with Crippen LogP contribution in [-0.4, -0.2) is 35.7 Å². The first kappa shape index (κ1) is 16.5. The van der Waals surface area contributed by atoms with Gasteiger partial charge in [0, 0.05) is 13.6 Å². The highest BCUT2D eigenvalue weighted by atomic mass is 16.3. The van der Waals surface area contributed by atoms with Crippen LogP contribution in [0.1, 0.15) is 30.0 Å². The van der Waals surface area contributed by atoms with Gasteiger partial charge in [-0.3, -0.25) is 0 Å². The summed E-state index contributed by atoms with van der Waals surface area (Å²) in [6.45, 7) is 0.368. The van der Waals surface area contributed by atoms with Gasteiger partial charge in [0.15, 0.2) is 0 Å². The van der Waals surface area contributed by atoms with E-state index in [0.717, 1.165) is 24.0 Å². The smallest absolute Gasteiger partial charge is 0.317 e. The Kier molecular flexibility index (Phi) is 5.16. The number of aliphatic hydroxyl groups excluding tert-OH is 1. The van der Waals surface area contributed by atoms with Crippen LogP contribution in [0.15, 0.2) is 60.7 Å². The maximum atomic E-state index is 12.6. The summed E-state index contributed by atoms with van der Waals surface area (Å²) in [5, 5.41) is 13.1. The van der Waals surface area contributed by atoms with Gasteiger partial charge >= 0.3 is 6.03 Å². The first-order valence-electron chi connectivity index (χ1n) is 8.44. The van der Waals surface area contributed by atoms with Crippen LogP contribution < -0.4 is 5.32 Å². The molecule has 1 aliphatic carbocycles. The topological polar surface area (TPSA) is 52.6 Å². The van der Waals surface area contributed by atoms with Gasteiger partial charge in [0.25, 0.3) is 0 Å². The molecule has 2 aromatic carbocycles. The number of amides is 2. The Balaban J connectivity index is 1.72. The molecule has 0 aliphatic heterocycles. The molecular formula is C20H24N2O2. The third kappa shape index (κ3) is 4.15. The van der Waals surface area contributed by atoms with E-state index in [4.69, 9.17) is 0 Å². The van der Waals surface area contributed by atoms with Crippen LogP contribution in [0.4, 0.5) is 4.79 Å². The number of carbonyl (C=O) groups is 1. The summed E-state index contributed by atoms with van der Waals surface area (Å²) in [6.07, 6.45) is 1.70. The lowest BCUT2D eigenvalue weighted by atomic mass is 9.99. The highest BCUT2D eigenvalue weighted by Gasteiger charge is 2.31. The van der Waals surface area contributed by atoms with Crippen molar-refractivity contribution in [2.45, 2.75) is 25.0 Å². The number of rotatable bonds is 6. The molecule has 0 bridgehead atoms. The summed E-state index contributed by atoms with van der Waals surface area (Å²) >= 11 is 0. The number of nitrogens with one attached hydrogen (secondary N) is 1. The quantitative estimate of drug-likeness (QED) is 0.857. The lowest BCUT2D eigenvalue weighted by Gasteiger charge is -2.26. The van der Waals surface area contributed by atoms with Gasteiger partial charge in [0.2, 0.25) is 0 Å². The van der Waals surface area contributed by atoms with Crippen LogP contribution in [-0.2, 0) is 0 Å². The van der Waals surface area contributed by atoms with E-state index >= 15 is 0 Å². The molecule has 0 spiro atoms. The molecule has 3 rings (SSSR count). The average Bonchev–Trinajstić information content (AvgIpc) is 3.46. The van der Waals surface area contributed by atoms with Crippen molar-refractivity contribution in [1.29, 1.82) is 0 Å². The van der Waals surface area contributed by atoms with Gasteiger partial charge in [0.05, 0.1) is 12.1 Å². The monoisotopic (exact) mass is 324 g/mol. The molecule has 2 N–H and O–H groups in total. The fraction of sp³-hybridized carbons (Fsp3) is 0.350. The molecule has 1 unspecified atom stereocenters. The second-order valence-corrected chi connectivity index (χ2v) is 6.49. The summed E-state index contributed by atoms with van der Waals surface area (Å²) in [5.74, 6) is 0.360. The fourth-order valence-electron chi connectivity index (χ4n) is 2.88. The van der Waals surface area contributed by atoms with E-state index in [1.165, 1.54) is 0 Å². The SMILES string of the molecule is CN(CC(O)C1CC1)C(=O)NC(c1ccccc1)c1ccccc1. The van der Waals surface area contributed by atoms with Crippen molar-refractivity contribution in [3.8, 4) is 0 Å². The fourth-order valence-corrected chi connectivity index (χ4v) is 2.88. The molecule has 0 radical (unpaired) electrons. The highest BCUT2D eigenvalue weighted by Crippen LogP contribution is 2.32. The molecule has 1 atom stereocenters. The molecule has 0 saturated heterocycles. The van der Waals surface area contributed by atoms with E-state index in [9.17, 15) is 9.90 Å². The minimum Gasteiger partial charge on any atom is -0.391 e. The molecule has 1 fully saturated rings. The number of benzene rings is 2. The zero-order valence-corrected chi connectivity index (χ0v) is 13.9. The number of hydrogen-bond acceptors (Lipinski definition) is 2. The Bertz CT molecular complexity index is 616. The van der Waals surface area contributed by atoms with Crippen molar-refractivity contribution >= 4 is 6.03 Å². The largest absolute Gasteiger partial charge is 0.391 e. The maximum absolute atomic E-state index is 12.6. The van der Waals surface area contributed by atoms with E-state index in [-0.39, 0.29) is 12.1 Å². The Morgan fingerprint density at radius 1 is 1.08 bits per heavy atom. The second kappa shape index (κ2) is 7.49. The highest BCUT2D eigenvalue weighted by molar-refractivity contribution is 5.75. The van der Waals surface area contributed by atoms with Crippen molar-refractivity contribution in [3.05, 3.63) is 71.8 Å². The Morgan fingerprint density at radius 3 is 2.04 bits per heavy atom. The summed E-state index contributed by atoms with van der Waals surface area (Å²) in [5.41, 5.74) is 2.07. The Hall–Kier alpha value is -2.33. The Labute approximate surface area is 143 Å². The molecule has 2 amide bonds. The molecule has 24 heavy (non-hydrogen) atoms. The molecular weight excluding hydrogens is 300 g/mol. The van der Waals surface area contributed by atoms with Crippen molar-refractivity contribution in [2.24, 2.45) is 5.92 Å². The zero-order valence-electron chi connectivity index (χ0n) is 13.9. The zero-order chi connectivity index (χ0) is 16.9. The minimum absolute atomic E-state index is 0.174. The first-order chi connectivity index (χ1) is 11.6. The number of aliphatic hydroxyl groups is 1. The lowest BCUT2D eigenvalue weighted by Crippen LogP contribution is -2.43. The van der Waals surface area contributed by atoms with Gasteiger partial charge in [0.1, 0.15) is 0 Å². The molecule has 0 aromatic heterocycles. The van der Waals surface area contributed by atoms with E-state index < -0.39 is 6.10 Å². The molecule has 1 saturated carbocycles. The lowest BCUT2D eigenvalue weighted by molar-refractivity contribution is 0.113. The number of hydrogen-bond donors (Lipinski definition) is 2. The maximum Gasteiger partial charge on any atom is 0.317 e. The van der Waals surface area contributed by atoms with Crippen LogP contribution in [0.2, 0.25) is 0 Å². The van der Waals surface area contributed by atoms with E-state index in [2.05, 4.69) is 5.32 Å². The van der Waals surface area contributed by atoms with Crippen molar-refractivity contribution in [2.75, 3.05) is 13.6 Å². The number of likely N-dealkylation sites (N-methyl/N-ethyl adjacent to an activating group) is 1. The van der Waals surface area contributed by atoms with Crippen LogP contribution in [0.25, 0.3) is 0 Å². The van der Waals surface area contributed by atoms with Gasteiger partial charge in [-0.1, -0.05) is 60.7 Å².